The lowest BCUT2D eigenvalue weighted by Gasteiger charge is -1.97. The first-order valence-corrected chi connectivity index (χ1v) is 4.83. The predicted octanol–water partition coefficient (Wildman–Crippen LogP) is 2.41. The van der Waals surface area contributed by atoms with Gasteiger partial charge in [0.05, 0.1) is 0 Å². The fourth-order valence-corrected chi connectivity index (χ4v) is 1.19. The molecule has 0 aliphatic heterocycles. The van der Waals surface area contributed by atoms with E-state index in [1.807, 2.05) is 25.3 Å². The molecule has 0 unspecified atom stereocenters. The molecule has 0 radical (unpaired) electrons. The largest absolute Gasteiger partial charge is 0.364 e. The molecule has 0 spiro atoms. The average molecular weight is 204 g/mol. The summed E-state index contributed by atoms with van der Waals surface area (Å²) in [6.07, 6.45) is 7.34. The van der Waals surface area contributed by atoms with Crippen molar-refractivity contribution in [2.45, 2.75) is 6.92 Å². The molecule has 15 heavy (non-hydrogen) atoms. The molecule has 3 nitrogen and oxygen atoms in total. The molecule has 0 amide bonds. The summed E-state index contributed by atoms with van der Waals surface area (Å²) in [4.78, 5) is 0. The lowest BCUT2D eigenvalue weighted by atomic mass is 10.1. The molecular formula is C12H16N2O. The van der Waals surface area contributed by atoms with Crippen molar-refractivity contribution >= 4 is 5.57 Å². The molecule has 1 N–H and O–H groups in total. The highest BCUT2D eigenvalue weighted by molar-refractivity contribution is 5.72. The van der Waals surface area contributed by atoms with Crippen LogP contribution in [0, 0.1) is 0 Å². The van der Waals surface area contributed by atoms with Gasteiger partial charge in [0.1, 0.15) is 12.0 Å². The molecule has 1 aromatic heterocycles. The van der Waals surface area contributed by atoms with Crippen molar-refractivity contribution in [3.63, 3.8) is 0 Å². The Morgan fingerprint density at radius 1 is 1.60 bits per heavy atom. The molecule has 0 atom stereocenters. The third-order valence-electron chi connectivity index (χ3n) is 1.96. The molecule has 3 heteroatoms. The summed E-state index contributed by atoms with van der Waals surface area (Å²) in [6.45, 7) is 6.69. The van der Waals surface area contributed by atoms with E-state index in [1.165, 1.54) is 5.57 Å². The van der Waals surface area contributed by atoms with Gasteiger partial charge < -0.3 is 9.84 Å². The maximum absolute atomic E-state index is 4.78. The molecule has 1 aromatic rings. The van der Waals surface area contributed by atoms with Crippen LogP contribution in [0.1, 0.15) is 12.6 Å². The third-order valence-corrected chi connectivity index (χ3v) is 1.96. The second-order valence-corrected chi connectivity index (χ2v) is 3.25. The SMILES string of the molecule is C=C/C(=C\C=C(/C)CNC)c1ccon1. The summed E-state index contributed by atoms with van der Waals surface area (Å²) in [7, 11) is 1.92. The standard InChI is InChI=1S/C12H16N2O/c1-4-11(12-7-8-15-14-12)6-5-10(2)9-13-3/h4-8,13H,1,9H2,2-3H3/b10-5+,11-6+. The monoisotopic (exact) mass is 204 g/mol. The van der Waals surface area contributed by atoms with Crippen LogP contribution in [0.25, 0.3) is 5.57 Å². The van der Waals surface area contributed by atoms with Crippen molar-refractivity contribution in [3.8, 4) is 0 Å². The van der Waals surface area contributed by atoms with Gasteiger partial charge in [0.25, 0.3) is 0 Å². The van der Waals surface area contributed by atoms with Crippen LogP contribution in [0.3, 0.4) is 0 Å². The molecule has 0 fully saturated rings. The molecule has 0 aromatic carbocycles. The Bertz CT molecular complexity index is 361. The van der Waals surface area contributed by atoms with E-state index in [9.17, 15) is 0 Å². The van der Waals surface area contributed by atoms with E-state index >= 15 is 0 Å². The summed E-state index contributed by atoms with van der Waals surface area (Å²) in [5.74, 6) is 0. The Balaban J connectivity index is 2.79. The van der Waals surface area contributed by atoms with Gasteiger partial charge in [-0.15, -0.1) is 0 Å². The molecular weight excluding hydrogens is 188 g/mol. The van der Waals surface area contributed by atoms with E-state index in [2.05, 4.69) is 24.0 Å². The highest BCUT2D eigenvalue weighted by Crippen LogP contribution is 2.13. The zero-order valence-corrected chi connectivity index (χ0v) is 9.16. The van der Waals surface area contributed by atoms with Crippen LogP contribution in [0.2, 0.25) is 0 Å². The Morgan fingerprint density at radius 2 is 2.40 bits per heavy atom. The normalized spacial score (nSPS) is 12.9. The smallest absolute Gasteiger partial charge is 0.124 e. The van der Waals surface area contributed by atoms with E-state index < -0.39 is 0 Å². The van der Waals surface area contributed by atoms with Crippen molar-refractivity contribution in [3.05, 3.63) is 48.4 Å². The highest BCUT2D eigenvalue weighted by atomic mass is 16.5. The average Bonchev–Trinajstić information content (AvgIpc) is 2.72. The first-order valence-electron chi connectivity index (χ1n) is 4.83. The third kappa shape index (κ3) is 3.56. The summed E-state index contributed by atoms with van der Waals surface area (Å²) in [5.41, 5.74) is 3.01. The van der Waals surface area contributed by atoms with Gasteiger partial charge in [-0.25, -0.2) is 0 Å². The maximum atomic E-state index is 4.78. The molecule has 1 heterocycles. The van der Waals surface area contributed by atoms with E-state index in [0.29, 0.717) is 0 Å². The lowest BCUT2D eigenvalue weighted by molar-refractivity contribution is 0.418. The van der Waals surface area contributed by atoms with Crippen LogP contribution < -0.4 is 5.32 Å². The van der Waals surface area contributed by atoms with Crippen LogP contribution in [-0.2, 0) is 0 Å². The maximum Gasteiger partial charge on any atom is 0.124 e. The minimum atomic E-state index is 0.804. The Morgan fingerprint density at radius 3 is 2.93 bits per heavy atom. The van der Waals surface area contributed by atoms with Crippen molar-refractivity contribution in [1.29, 1.82) is 0 Å². The minimum Gasteiger partial charge on any atom is -0.364 e. The minimum absolute atomic E-state index is 0.804. The van der Waals surface area contributed by atoms with Crippen LogP contribution >= 0.6 is 0 Å². The lowest BCUT2D eigenvalue weighted by Crippen LogP contribution is -2.08. The van der Waals surface area contributed by atoms with Crippen LogP contribution in [0.15, 0.2) is 47.2 Å². The van der Waals surface area contributed by atoms with Gasteiger partial charge in [0.15, 0.2) is 0 Å². The zero-order valence-electron chi connectivity index (χ0n) is 9.16. The van der Waals surface area contributed by atoms with Gasteiger partial charge >= 0.3 is 0 Å². The van der Waals surface area contributed by atoms with Gasteiger partial charge in [0.2, 0.25) is 0 Å². The quantitative estimate of drug-likeness (QED) is 0.748. The number of likely N-dealkylation sites (N-methyl/N-ethyl adjacent to an activating group) is 1. The number of nitrogens with one attached hydrogen (secondary N) is 1. The van der Waals surface area contributed by atoms with Gasteiger partial charge in [-0.05, 0) is 14.0 Å². The first-order chi connectivity index (χ1) is 7.27. The Labute approximate surface area is 90.2 Å². The van der Waals surface area contributed by atoms with Gasteiger partial charge in [0, 0.05) is 18.2 Å². The topological polar surface area (TPSA) is 38.1 Å². The number of nitrogens with zero attached hydrogens (tertiary/aromatic N) is 1. The van der Waals surface area contributed by atoms with Crippen LogP contribution in [0.5, 0.6) is 0 Å². The molecule has 80 valence electrons. The van der Waals surface area contributed by atoms with E-state index in [4.69, 9.17) is 4.52 Å². The van der Waals surface area contributed by atoms with Crippen molar-refractivity contribution < 1.29 is 4.52 Å². The highest BCUT2D eigenvalue weighted by Gasteiger charge is 1.98. The van der Waals surface area contributed by atoms with E-state index in [1.54, 1.807) is 12.3 Å². The predicted molar refractivity (Wildman–Crippen MR) is 62.4 cm³/mol. The van der Waals surface area contributed by atoms with Gasteiger partial charge in [-0.3, -0.25) is 0 Å². The summed E-state index contributed by atoms with van der Waals surface area (Å²) in [6, 6.07) is 1.81. The Hall–Kier alpha value is -1.61. The molecule has 0 bridgehead atoms. The van der Waals surface area contributed by atoms with Crippen molar-refractivity contribution in [2.75, 3.05) is 13.6 Å². The second-order valence-electron chi connectivity index (χ2n) is 3.25. The van der Waals surface area contributed by atoms with Crippen LogP contribution in [-0.4, -0.2) is 18.7 Å². The summed E-state index contributed by atoms with van der Waals surface area (Å²) >= 11 is 0. The number of hydrogen-bond donors (Lipinski definition) is 1. The second kappa shape index (κ2) is 5.98. The molecule has 0 aliphatic rings. The Kier molecular flexibility index (Phi) is 4.57. The number of rotatable bonds is 5. The van der Waals surface area contributed by atoms with E-state index in [-0.39, 0.29) is 0 Å². The van der Waals surface area contributed by atoms with Crippen molar-refractivity contribution in [1.82, 2.24) is 10.5 Å². The molecule has 1 rings (SSSR count). The van der Waals surface area contributed by atoms with E-state index in [0.717, 1.165) is 17.8 Å². The summed E-state index contributed by atoms with van der Waals surface area (Å²) in [5, 5.41) is 6.94. The van der Waals surface area contributed by atoms with Crippen molar-refractivity contribution in [2.24, 2.45) is 0 Å². The number of hydrogen-bond acceptors (Lipinski definition) is 3. The van der Waals surface area contributed by atoms with Gasteiger partial charge in [-0.2, -0.15) is 0 Å². The van der Waals surface area contributed by atoms with Gasteiger partial charge in [-0.1, -0.05) is 35.5 Å². The number of allylic oxidation sites excluding steroid dienone is 4. The first kappa shape index (κ1) is 11.5. The summed E-state index contributed by atoms with van der Waals surface area (Å²) < 4.78 is 4.78. The number of aromatic nitrogens is 1. The molecule has 0 aliphatic carbocycles. The van der Waals surface area contributed by atoms with Crippen LogP contribution in [0.4, 0.5) is 0 Å². The molecule has 0 saturated carbocycles. The fourth-order valence-electron chi connectivity index (χ4n) is 1.19. The molecule has 0 saturated heterocycles. The fraction of sp³-hybridized carbons (Fsp3) is 0.250. The zero-order chi connectivity index (χ0) is 11.1.